The minimum Gasteiger partial charge on any atom is -0.497 e. The second-order valence-electron chi connectivity index (χ2n) is 5.72. The summed E-state index contributed by atoms with van der Waals surface area (Å²) < 4.78 is 17.7. The van der Waals surface area contributed by atoms with Crippen molar-refractivity contribution in [2.45, 2.75) is 24.9 Å². The van der Waals surface area contributed by atoms with Gasteiger partial charge in [-0.1, -0.05) is 10.4 Å². The van der Waals surface area contributed by atoms with Crippen LogP contribution in [0.25, 0.3) is 17.3 Å². The van der Waals surface area contributed by atoms with Gasteiger partial charge in [-0.3, -0.25) is 0 Å². The minimum atomic E-state index is -0.409. The van der Waals surface area contributed by atoms with E-state index in [1.54, 1.807) is 25.1 Å². The van der Waals surface area contributed by atoms with Gasteiger partial charge in [0.2, 0.25) is 5.82 Å². The van der Waals surface area contributed by atoms with Gasteiger partial charge in [-0.05, 0) is 43.5 Å². The van der Waals surface area contributed by atoms with Gasteiger partial charge in [0.25, 0.3) is 5.89 Å². The van der Waals surface area contributed by atoms with E-state index >= 15 is 0 Å². The second-order valence-corrected chi connectivity index (χ2v) is 5.72. The zero-order valence-corrected chi connectivity index (χ0v) is 13.5. The monoisotopic (exact) mass is 327 g/mol. The van der Waals surface area contributed by atoms with E-state index in [0.717, 1.165) is 30.7 Å². The molecule has 8 heteroatoms. The number of rotatable bonds is 5. The van der Waals surface area contributed by atoms with E-state index in [4.69, 9.17) is 14.0 Å². The molecular weight excluding hydrogens is 310 g/mol. The number of hydrogen-bond donors (Lipinski definition) is 0. The summed E-state index contributed by atoms with van der Waals surface area (Å²) >= 11 is 0. The Bertz CT molecular complexity index is 830. The molecule has 0 atom stereocenters. The third kappa shape index (κ3) is 2.35. The zero-order valence-electron chi connectivity index (χ0n) is 13.5. The molecule has 1 aromatic carbocycles. The highest BCUT2D eigenvalue weighted by Gasteiger charge is 2.43. The summed E-state index contributed by atoms with van der Waals surface area (Å²) in [5, 5.41) is 12.3. The minimum absolute atomic E-state index is 0.341. The van der Waals surface area contributed by atoms with Crippen molar-refractivity contribution in [3.63, 3.8) is 0 Å². The third-order valence-corrected chi connectivity index (χ3v) is 4.43. The lowest BCUT2D eigenvalue weighted by atomic mass is 9.79. The molecule has 8 nitrogen and oxygen atoms in total. The van der Waals surface area contributed by atoms with Crippen LogP contribution in [-0.2, 0) is 10.3 Å². The second kappa shape index (κ2) is 5.72. The van der Waals surface area contributed by atoms with Crippen LogP contribution in [0.2, 0.25) is 0 Å². The van der Waals surface area contributed by atoms with Gasteiger partial charge < -0.3 is 14.0 Å². The number of ether oxygens (including phenoxy) is 2. The van der Waals surface area contributed by atoms with Gasteiger partial charge in [0.1, 0.15) is 11.4 Å². The van der Waals surface area contributed by atoms with Gasteiger partial charge in [-0.15, -0.1) is 5.10 Å². The van der Waals surface area contributed by atoms with Crippen molar-refractivity contribution in [1.29, 1.82) is 0 Å². The predicted molar refractivity (Wildman–Crippen MR) is 83.7 cm³/mol. The average molecular weight is 327 g/mol. The predicted octanol–water partition coefficient (Wildman–Crippen LogP) is 2.35. The number of nitrogens with zero attached hydrogens (tertiary/aromatic N) is 5. The van der Waals surface area contributed by atoms with E-state index < -0.39 is 5.60 Å². The van der Waals surface area contributed by atoms with E-state index in [2.05, 4.69) is 20.5 Å². The maximum Gasteiger partial charge on any atom is 0.280 e. The number of methoxy groups -OCH3 is 2. The maximum absolute atomic E-state index is 5.57. The molecule has 1 fully saturated rings. The van der Waals surface area contributed by atoms with Gasteiger partial charge in [-0.2, -0.15) is 4.98 Å². The summed E-state index contributed by atoms with van der Waals surface area (Å²) in [5.41, 5.74) is 0.977. The summed E-state index contributed by atoms with van der Waals surface area (Å²) in [6, 6.07) is 7.51. The molecule has 1 aliphatic carbocycles. The molecule has 0 amide bonds. The Morgan fingerprint density at radius 2 is 1.96 bits per heavy atom. The number of benzene rings is 1. The molecule has 4 rings (SSSR count). The fourth-order valence-electron chi connectivity index (χ4n) is 2.75. The van der Waals surface area contributed by atoms with Crippen LogP contribution >= 0.6 is 0 Å². The van der Waals surface area contributed by atoms with Crippen molar-refractivity contribution >= 4 is 0 Å². The fraction of sp³-hybridized carbons (Fsp3) is 0.375. The maximum atomic E-state index is 5.57. The molecule has 0 radical (unpaired) electrons. The smallest absolute Gasteiger partial charge is 0.280 e. The summed E-state index contributed by atoms with van der Waals surface area (Å²) in [6.45, 7) is 0. The lowest BCUT2D eigenvalue weighted by Crippen LogP contribution is -2.37. The Morgan fingerprint density at radius 3 is 2.58 bits per heavy atom. The molecule has 124 valence electrons. The molecule has 2 aromatic heterocycles. The fourth-order valence-corrected chi connectivity index (χ4v) is 2.75. The van der Waals surface area contributed by atoms with Crippen molar-refractivity contribution in [3.05, 3.63) is 36.3 Å². The van der Waals surface area contributed by atoms with Crippen LogP contribution < -0.4 is 4.74 Å². The van der Waals surface area contributed by atoms with Gasteiger partial charge in [0.15, 0.2) is 5.69 Å². The van der Waals surface area contributed by atoms with Gasteiger partial charge in [0, 0.05) is 7.11 Å². The highest BCUT2D eigenvalue weighted by Crippen LogP contribution is 2.43. The van der Waals surface area contributed by atoms with E-state index in [1.807, 2.05) is 24.3 Å². The van der Waals surface area contributed by atoms with Gasteiger partial charge in [0.05, 0.1) is 19.0 Å². The molecule has 0 aliphatic heterocycles. The zero-order chi connectivity index (χ0) is 16.6. The van der Waals surface area contributed by atoms with E-state index in [1.165, 1.54) is 0 Å². The van der Waals surface area contributed by atoms with Crippen LogP contribution in [0.15, 0.2) is 35.0 Å². The molecule has 2 heterocycles. The van der Waals surface area contributed by atoms with Gasteiger partial charge in [-0.25, -0.2) is 4.68 Å². The van der Waals surface area contributed by atoms with Crippen LogP contribution in [-0.4, -0.2) is 39.4 Å². The van der Waals surface area contributed by atoms with E-state index in [-0.39, 0.29) is 0 Å². The van der Waals surface area contributed by atoms with Crippen molar-refractivity contribution in [2.24, 2.45) is 0 Å². The topological polar surface area (TPSA) is 88.1 Å². The first-order valence-corrected chi connectivity index (χ1v) is 7.70. The summed E-state index contributed by atoms with van der Waals surface area (Å²) in [5.74, 6) is 1.70. The third-order valence-electron chi connectivity index (χ3n) is 4.43. The standard InChI is InChI=1S/C16H17N5O3/c1-22-12-6-4-11(5-7-12)21-10-13(18-20-21)14-17-15(19-24-14)16(23-2)8-3-9-16/h4-7,10H,3,8-9H2,1-2H3. The Morgan fingerprint density at radius 1 is 1.17 bits per heavy atom. The molecule has 24 heavy (non-hydrogen) atoms. The first kappa shape index (κ1) is 14.8. The van der Waals surface area contributed by atoms with Crippen LogP contribution in [0.3, 0.4) is 0 Å². The van der Waals surface area contributed by atoms with Crippen molar-refractivity contribution in [1.82, 2.24) is 25.1 Å². The number of hydrogen-bond acceptors (Lipinski definition) is 7. The van der Waals surface area contributed by atoms with Gasteiger partial charge >= 0.3 is 0 Å². The SMILES string of the molecule is COc1ccc(-n2cc(-c3nc(C4(OC)CCC4)no3)nn2)cc1. The lowest BCUT2D eigenvalue weighted by molar-refractivity contribution is -0.0858. The van der Waals surface area contributed by atoms with E-state index in [9.17, 15) is 0 Å². The summed E-state index contributed by atoms with van der Waals surface area (Å²) in [4.78, 5) is 4.44. The van der Waals surface area contributed by atoms with Crippen LogP contribution in [0, 0.1) is 0 Å². The molecule has 0 saturated heterocycles. The molecule has 0 bridgehead atoms. The Labute approximate surface area is 138 Å². The van der Waals surface area contributed by atoms with Crippen molar-refractivity contribution < 1.29 is 14.0 Å². The Hall–Kier alpha value is -2.74. The molecule has 3 aromatic rings. The summed E-state index contributed by atoms with van der Waals surface area (Å²) in [6.07, 6.45) is 4.66. The molecule has 0 N–H and O–H groups in total. The van der Waals surface area contributed by atoms with Crippen molar-refractivity contribution in [2.75, 3.05) is 14.2 Å². The quantitative estimate of drug-likeness (QED) is 0.710. The van der Waals surface area contributed by atoms with E-state index in [0.29, 0.717) is 17.4 Å². The van der Waals surface area contributed by atoms with Crippen LogP contribution in [0.1, 0.15) is 25.1 Å². The number of aromatic nitrogens is 5. The molecule has 1 saturated carbocycles. The highest BCUT2D eigenvalue weighted by atomic mass is 16.5. The normalized spacial score (nSPS) is 15.9. The largest absolute Gasteiger partial charge is 0.497 e. The molecule has 0 unspecified atom stereocenters. The molecule has 0 spiro atoms. The van der Waals surface area contributed by atoms with Crippen LogP contribution in [0.4, 0.5) is 0 Å². The van der Waals surface area contributed by atoms with Crippen LogP contribution in [0.5, 0.6) is 5.75 Å². The lowest BCUT2D eigenvalue weighted by Gasteiger charge is -2.37. The summed E-state index contributed by atoms with van der Waals surface area (Å²) in [7, 11) is 3.31. The Kier molecular flexibility index (Phi) is 3.53. The first-order valence-electron chi connectivity index (χ1n) is 7.70. The first-order chi connectivity index (χ1) is 11.7. The average Bonchev–Trinajstić information content (AvgIpc) is 3.24. The molecule has 1 aliphatic rings. The van der Waals surface area contributed by atoms with Crippen molar-refractivity contribution in [3.8, 4) is 23.0 Å². The molecular formula is C16H17N5O3. The highest BCUT2D eigenvalue weighted by molar-refractivity contribution is 5.46. The Balaban J connectivity index is 1.59.